The van der Waals surface area contributed by atoms with E-state index in [0.717, 1.165) is 18.4 Å². The summed E-state index contributed by atoms with van der Waals surface area (Å²) < 4.78 is 10.5. The Hall–Kier alpha value is -3.42. The Bertz CT molecular complexity index is 963. The van der Waals surface area contributed by atoms with Gasteiger partial charge in [0.2, 0.25) is 17.6 Å². The molecule has 0 saturated carbocycles. The zero-order valence-corrected chi connectivity index (χ0v) is 15.4. The summed E-state index contributed by atoms with van der Waals surface area (Å²) in [5.41, 5.74) is 2.05. The number of piperidine rings is 1. The Kier molecular flexibility index (Phi) is 4.92. The molecule has 144 valence electrons. The van der Waals surface area contributed by atoms with Gasteiger partial charge in [-0.1, -0.05) is 5.16 Å². The third kappa shape index (κ3) is 3.80. The Balaban J connectivity index is 1.46. The molecule has 1 fully saturated rings. The summed E-state index contributed by atoms with van der Waals surface area (Å²) in [5, 5.41) is 6.80. The van der Waals surface area contributed by atoms with Crippen LogP contribution in [0.15, 0.2) is 51.8 Å². The van der Waals surface area contributed by atoms with Crippen LogP contribution < -0.4 is 5.32 Å². The molecular weight excluding hydrogens is 360 g/mol. The van der Waals surface area contributed by atoms with Crippen molar-refractivity contribution in [2.75, 3.05) is 18.4 Å². The van der Waals surface area contributed by atoms with Gasteiger partial charge < -0.3 is 19.2 Å². The van der Waals surface area contributed by atoms with Gasteiger partial charge in [-0.15, -0.1) is 0 Å². The van der Waals surface area contributed by atoms with Gasteiger partial charge in [-0.25, -0.2) is 0 Å². The van der Waals surface area contributed by atoms with Gasteiger partial charge in [-0.2, -0.15) is 4.98 Å². The lowest BCUT2D eigenvalue weighted by atomic mass is 9.97. The lowest BCUT2D eigenvalue weighted by molar-refractivity contribution is -0.114. The van der Waals surface area contributed by atoms with Crippen LogP contribution in [0.25, 0.3) is 11.4 Å². The van der Waals surface area contributed by atoms with E-state index < -0.39 is 0 Å². The number of amides is 2. The number of hydrogen-bond donors (Lipinski definition) is 1. The highest BCUT2D eigenvalue weighted by Crippen LogP contribution is 2.28. The monoisotopic (exact) mass is 380 g/mol. The molecule has 0 bridgehead atoms. The number of benzene rings is 1. The van der Waals surface area contributed by atoms with E-state index in [4.69, 9.17) is 8.94 Å². The van der Waals surface area contributed by atoms with Gasteiger partial charge in [0.25, 0.3) is 5.91 Å². The van der Waals surface area contributed by atoms with Crippen LogP contribution in [0.1, 0.15) is 41.9 Å². The summed E-state index contributed by atoms with van der Waals surface area (Å²) >= 11 is 0. The topological polar surface area (TPSA) is 101 Å². The van der Waals surface area contributed by atoms with Crippen LogP contribution >= 0.6 is 0 Å². The highest BCUT2D eigenvalue weighted by atomic mass is 16.5. The second kappa shape index (κ2) is 7.67. The molecule has 0 unspecified atom stereocenters. The standard InChI is InChI=1S/C20H20N4O4/c1-13(25)21-17-6-4-14(5-7-17)18-22-19(28-23-18)15-3-2-9-24(11-15)20(26)16-8-10-27-12-16/h4-8,10,12,15H,2-3,9,11H2,1H3,(H,21,25)/t15-/m1/s1. The molecule has 1 aromatic carbocycles. The highest BCUT2D eigenvalue weighted by Gasteiger charge is 2.29. The molecule has 0 spiro atoms. The fourth-order valence-corrected chi connectivity index (χ4v) is 3.36. The average molecular weight is 380 g/mol. The van der Waals surface area contributed by atoms with E-state index in [2.05, 4.69) is 15.5 Å². The van der Waals surface area contributed by atoms with Crippen molar-refractivity contribution in [2.45, 2.75) is 25.7 Å². The maximum absolute atomic E-state index is 12.5. The van der Waals surface area contributed by atoms with E-state index in [1.807, 2.05) is 12.1 Å². The Morgan fingerprint density at radius 1 is 1.21 bits per heavy atom. The Labute approximate surface area is 161 Å². The zero-order chi connectivity index (χ0) is 19.5. The van der Waals surface area contributed by atoms with Crippen LogP contribution in [0.4, 0.5) is 5.69 Å². The number of carbonyl (C=O) groups excluding carboxylic acids is 2. The van der Waals surface area contributed by atoms with Crippen molar-refractivity contribution < 1.29 is 18.5 Å². The highest BCUT2D eigenvalue weighted by molar-refractivity contribution is 5.94. The number of anilines is 1. The number of nitrogens with zero attached hydrogens (tertiary/aromatic N) is 3. The average Bonchev–Trinajstić information content (AvgIpc) is 3.40. The number of rotatable bonds is 4. The quantitative estimate of drug-likeness (QED) is 0.745. The second-order valence-electron chi connectivity index (χ2n) is 6.82. The number of furan rings is 1. The van der Waals surface area contributed by atoms with Gasteiger partial charge in [0, 0.05) is 31.3 Å². The van der Waals surface area contributed by atoms with Crippen LogP contribution in [0.3, 0.4) is 0 Å². The van der Waals surface area contributed by atoms with Crippen LogP contribution in [0.2, 0.25) is 0 Å². The van der Waals surface area contributed by atoms with Crippen molar-refractivity contribution in [2.24, 2.45) is 0 Å². The lowest BCUT2D eigenvalue weighted by Crippen LogP contribution is -2.39. The summed E-state index contributed by atoms with van der Waals surface area (Å²) in [5.74, 6) is 0.853. The summed E-state index contributed by atoms with van der Waals surface area (Å²) in [4.78, 5) is 30.0. The van der Waals surface area contributed by atoms with Gasteiger partial charge in [-0.3, -0.25) is 9.59 Å². The van der Waals surface area contributed by atoms with Gasteiger partial charge in [0.15, 0.2) is 0 Å². The Morgan fingerprint density at radius 3 is 2.75 bits per heavy atom. The van der Waals surface area contributed by atoms with E-state index in [1.165, 1.54) is 19.5 Å². The van der Waals surface area contributed by atoms with Gasteiger partial charge in [0.05, 0.1) is 17.7 Å². The second-order valence-corrected chi connectivity index (χ2v) is 6.82. The number of carbonyl (C=O) groups is 2. The molecule has 28 heavy (non-hydrogen) atoms. The minimum absolute atomic E-state index is 0.00417. The molecule has 2 aromatic heterocycles. The predicted octanol–water partition coefficient (Wildman–Crippen LogP) is 3.31. The third-order valence-corrected chi connectivity index (χ3v) is 4.73. The van der Waals surface area contributed by atoms with Crippen LogP contribution in [-0.2, 0) is 4.79 Å². The molecule has 8 nitrogen and oxygen atoms in total. The van der Waals surface area contributed by atoms with Crippen LogP contribution in [0.5, 0.6) is 0 Å². The molecule has 0 aliphatic carbocycles. The maximum Gasteiger partial charge on any atom is 0.257 e. The number of likely N-dealkylation sites (tertiary alicyclic amines) is 1. The van der Waals surface area contributed by atoms with E-state index in [1.54, 1.807) is 23.1 Å². The van der Waals surface area contributed by atoms with Crippen molar-refractivity contribution in [3.8, 4) is 11.4 Å². The molecule has 1 aliphatic heterocycles. The molecule has 4 rings (SSSR count). The lowest BCUT2D eigenvalue weighted by Gasteiger charge is -2.30. The van der Waals surface area contributed by atoms with Gasteiger partial charge in [0.1, 0.15) is 6.26 Å². The van der Waals surface area contributed by atoms with Crippen LogP contribution in [0, 0.1) is 0 Å². The third-order valence-electron chi connectivity index (χ3n) is 4.73. The van der Waals surface area contributed by atoms with Crippen molar-refractivity contribution in [3.63, 3.8) is 0 Å². The maximum atomic E-state index is 12.5. The van der Waals surface area contributed by atoms with Gasteiger partial charge >= 0.3 is 0 Å². The molecule has 1 saturated heterocycles. The van der Waals surface area contributed by atoms with E-state index in [-0.39, 0.29) is 17.7 Å². The fourth-order valence-electron chi connectivity index (χ4n) is 3.36. The summed E-state index contributed by atoms with van der Waals surface area (Å²) in [6.07, 6.45) is 4.72. The Morgan fingerprint density at radius 2 is 2.04 bits per heavy atom. The number of nitrogens with one attached hydrogen (secondary N) is 1. The minimum atomic E-state index is -0.124. The number of aromatic nitrogens is 2. The molecule has 2 amide bonds. The molecule has 0 radical (unpaired) electrons. The largest absolute Gasteiger partial charge is 0.472 e. The summed E-state index contributed by atoms with van der Waals surface area (Å²) in [7, 11) is 0. The van der Waals surface area contributed by atoms with E-state index in [0.29, 0.717) is 36.1 Å². The number of hydrogen-bond acceptors (Lipinski definition) is 6. The van der Waals surface area contributed by atoms with Gasteiger partial charge in [-0.05, 0) is 43.2 Å². The van der Waals surface area contributed by atoms with Crippen molar-refractivity contribution in [3.05, 3.63) is 54.3 Å². The summed E-state index contributed by atoms with van der Waals surface area (Å²) in [6.45, 7) is 2.70. The van der Waals surface area contributed by atoms with E-state index >= 15 is 0 Å². The first-order valence-corrected chi connectivity index (χ1v) is 9.13. The van der Waals surface area contributed by atoms with Crippen molar-refractivity contribution in [1.29, 1.82) is 0 Å². The fraction of sp³-hybridized carbons (Fsp3) is 0.300. The van der Waals surface area contributed by atoms with Crippen LogP contribution in [-0.4, -0.2) is 39.9 Å². The SMILES string of the molecule is CC(=O)Nc1ccc(-c2noc([C@@H]3CCCN(C(=O)c4ccoc4)C3)n2)cc1. The normalized spacial score (nSPS) is 16.8. The molecular formula is C20H20N4O4. The molecule has 3 heterocycles. The zero-order valence-electron chi connectivity index (χ0n) is 15.4. The van der Waals surface area contributed by atoms with Crippen molar-refractivity contribution >= 4 is 17.5 Å². The molecule has 1 aliphatic rings. The van der Waals surface area contributed by atoms with E-state index in [9.17, 15) is 9.59 Å². The smallest absolute Gasteiger partial charge is 0.257 e. The molecule has 1 atom stereocenters. The molecule has 8 heteroatoms. The first-order chi connectivity index (χ1) is 13.6. The molecule has 3 aromatic rings. The molecule has 1 N–H and O–H groups in total. The van der Waals surface area contributed by atoms with Crippen molar-refractivity contribution in [1.82, 2.24) is 15.0 Å². The predicted molar refractivity (Wildman–Crippen MR) is 101 cm³/mol. The minimum Gasteiger partial charge on any atom is -0.472 e. The summed E-state index contributed by atoms with van der Waals surface area (Å²) in [6, 6.07) is 8.91. The first kappa shape index (κ1) is 18.0. The first-order valence-electron chi connectivity index (χ1n) is 9.13.